The molecule has 1 aliphatic rings. The average molecular weight is 445 g/mol. The molecule has 2 aromatic carbocycles. The summed E-state index contributed by atoms with van der Waals surface area (Å²) in [6.07, 6.45) is 2.20. The molecule has 4 rings (SSSR count). The lowest BCUT2D eigenvalue weighted by Gasteiger charge is -2.36. The summed E-state index contributed by atoms with van der Waals surface area (Å²) >= 11 is 3.38. The highest BCUT2D eigenvalue weighted by atomic mass is 79.9. The summed E-state index contributed by atoms with van der Waals surface area (Å²) in [5.41, 5.74) is 3.65. The highest BCUT2D eigenvalue weighted by molar-refractivity contribution is 9.10. The van der Waals surface area contributed by atoms with E-state index in [4.69, 9.17) is 9.47 Å². The Kier molecular flexibility index (Phi) is 5.25. The van der Waals surface area contributed by atoms with Gasteiger partial charge in [-0.3, -0.25) is 4.98 Å². The van der Waals surface area contributed by atoms with E-state index in [0.717, 1.165) is 29.9 Å². The molecule has 1 fully saturated rings. The molecule has 0 N–H and O–H groups in total. The van der Waals surface area contributed by atoms with Crippen LogP contribution in [0.3, 0.4) is 0 Å². The van der Waals surface area contributed by atoms with Gasteiger partial charge < -0.3 is 14.4 Å². The van der Waals surface area contributed by atoms with E-state index in [1.54, 1.807) is 13.3 Å². The molecule has 1 aromatic heterocycles. The number of halogens is 2. The first kappa shape index (κ1) is 19.2. The van der Waals surface area contributed by atoms with E-state index in [0.29, 0.717) is 21.1 Å². The van der Waals surface area contributed by atoms with Crippen LogP contribution in [0.4, 0.5) is 10.1 Å². The molecule has 0 saturated carbocycles. The Balaban J connectivity index is 1.72. The lowest BCUT2D eigenvalue weighted by Crippen LogP contribution is -2.45. The standard InChI is InChI=1S/C22H22BrFN2O2/c1-13-11-26(12-14(2)28-13)17-6-4-15(5-7-17)19-10-25-21-18(22(19)27-3)8-16(24)9-20(21)23/h4-10,13-14H,11-12H2,1-3H3. The van der Waals surface area contributed by atoms with Crippen LogP contribution in [0.1, 0.15) is 13.8 Å². The van der Waals surface area contributed by atoms with E-state index in [2.05, 4.69) is 63.9 Å². The van der Waals surface area contributed by atoms with Gasteiger partial charge in [0.1, 0.15) is 11.6 Å². The summed E-state index contributed by atoms with van der Waals surface area (Å²) in [5.74, 6) is 0.286. The number of ether oxygens (including phenoxy) is 2. The van der Waals surface area contributed by atoms with Crippen molar-refractivity contribution >= 4 is 32.5 Å². The van der Waals surface area contributed by atoms with Crippen LogP contribution in [-0.4, -0.2) is 37.4 Å². The maximum absolute atomic E-state index is 13.9. The van der Waals surface area contributed by atoms with Gasteiger partial charge in [-0.1, -0.05) is 12.1 Å². The fraction of sp³-hybridized carbons (Fsp3) is 0.318. The van der Waals surface area contributed by atoms with Crippen molar-refractivity contribution < 1.29 is 13.9 Å². The Bertz CT molecular complexity index is 1000. The van der Waals surface area contributed by atoms with Gasteiger partial charge in [0.25, 0.3) is 0 Å². The van der Waals surface area contributed by atoms with Gasteiger partial charge in [-0.05, 0) is 59.6 Å². The van der Waals surface area contributed by atoms with E-state index < -0.39 is 0 Å². The lowest BCUT2D eigenvalue weighted by molar-refractivity contribution is -0.00521. The minimum Gasteiger partial charge on any atom is -0.495 e. The molecule has 0 spiro atoms. The van der Waals surface area contributed by atoms with Crippen LogP contribution >= 0.6 is 15.9 Å². The van der Waals surface area contributed by atoms with Crippen molar-refractivity contribution in [2.75, 3.05) is 25.1 Å². The molecule has 2 heterocycles. The molecule has 0 amide bonds. The van der Waals surface area contributed by atoms with Crippen molar-refractivity contribution in [1.82, 2.24) is 4.98 Å². The minimum atomic E-state index is -0.331. The van der Waals surface area contributed by atoms with E-state index in [9.17, 15) is 4.39 Å². The van der Waals surface area contributed by atoms with E-state index >= 15 is 0 Å². The Labute approximate surface area is 172 Å². The molecule has 0 radical (unpaired) electrons. The van der Waals surface area contributed by atoms with Gasteiger partial charge >= 0.3 is 0 Å². The summed E-state index contributed by atoms with van der Waals surface area (Å²) in [7, 11) is 1.60. The first-order valence-corrected chi connectivity index (χ1v) is 10.1. The van der Waals surface area contributed by atoms with Gasteiger partial charge in [-0.15, -0.1) is 0 Å². The van der Waals surface area contributed by atoms with Crippen molar-refractivity contribution in [2.24, 2.45) is 0 Å². The lowest BCUT2D eigenvalue weighted by atomic mass is 10.0. The summed E-state index contributed by atoms with van der Waals surface area (Å²) in [4.78, 5) is 6.86. The Morgan fingerprint density at radius 3 is 2.46 bits per heavy atom. The third-order valence-electron chi connectivity index (χ3n) is 5.01. The fourth-order valence-electron chi connectivity index (χ4n) is 3.87. The Morgan fingerprint density at radius 1 is 1.14 bits per heavy atom. The van der Waals surface area contributed by atoms with Crippen molar-refractivity contribution in [3.63, 3.8) is 0 Å². The van der Waals surface area contributed by atoms with E-state index in [-0.39, 0.29) is 18.0 Å². The van der Waals surface area contributed by atoms with E-state index in [1.165, 1.54) is 12.1 Å². The Hall–Kier alpha value is -2.18. The van der Waals surface area contributed by atoms with Crippen molar-refractivity contribution in [2.45, 2.75) is 26.1 Å². The molecular formula is C22H22BrFN2O2. The largest absolute Gasteiger partial charge is 0.495 e. The van der Waals surface area contributed by atoms with Gasteiger partial charge in [-0.2, -0.15) is 0 Å². The summed E-state index contributed by atoms with van der Waals surface area (Å²) < 4.78 is 26.0. The first-order valence-electron chi connectivity index (χ1n) is 9.29. The SMILES string of the molecule is COc1c(-c2ccc(N3CC(C)OC(C)C3)cc2)cnc2c(Br)cc(F)cc12. The van der Waals surface area contributed by atoms with Crippen LogP contribution in [0, 0.1) is 5.82 Å². The number of anilines is 1. The van der Waals surface area contributed by atoms with Gasteiger partial charge in [0, 0.05) is 40.4 Å². The molecule has 2 unspecified atom stereocenters. The number of hydrogen-bond acceptors (Lipinski definition) is 4. The zero-order valence-corrected chi connectivity index (χ0v) is 17.7. The third-order valence-corrected chi connectivity index (χ3v) is 5.61. The average Bonchev–Trinajstić information content (AvgIpc) is 2.66. The third kappa shape index (κ3) is 3.59. The number of pyridine rings is 1. The topological polar surface area (TPSA) is 34.6 Å². The van der Waals surface area contributed by atoms with Crippen LogP contribution in [0.15, 0.2) is 47.1 Å². The van der Waals surface area contributed by atoms with Crippen LogP contribution in [-0.2, 0) is 4.74 Å². The molecule has 4 nitrogen and oxygen atoms in total. The van der Waals surface area contributed by atoms with E-state index in [1.807, 2.05) is 0 Å². The molecule has 146 valence electrons. The minimum absolute atomic E-state index is 0.210. The van der Waals surface area contributed by atoms with Crippen LogP contribution in [0.2, 0.25) is 0 Å². The second-order valence-corrected chi connectivity index (χ2v) is 8.05. The van der Waals surface area contributed by atoms with Gasteiger partial charge in [0.2, 0.25) is 0 Å². The summed E-state index contributed by atoms with van der Waals surface area (Å²) in [6, 6.07) is 11.2. The molecule has 6 heteroatoms. The number of aromatic nitrogens is 1. The van der Waals surface area contributed by atoms with Gasteiger partial charge in [0.15, 0.2) is 0 Å². The highest BCUT2D eigenvalue weighted by Gasteiger charge is 2.22. The normalized spacial score (nSPS) is 19.8. The molecule has 28 heavy (non-hydrogen) atoms. The van der Waals surface area contributed by atoms with Crippen LogP contribution < -0.4 is 9.64 Å². The second-order valence-electron chi connectivity index (χ2n) is 7.20. The van der Waals surface area contributed by atoms with Crippen molar-refractivity contribution in [3.05, 3.63) is 52.9 Å². The molecule has 3 aromatic rings. The summed E-state index contributed by atoms with van der Waals surface area (Å²) in [5, 5.41) is 0.645. The smallest absolute Gasteiger partial charge is 0.137 e. The quantitative estimate of drug-likeness (QED) is 0.539. The molecule has 1 saturated heterocycles. The molecule has 1 aliphatic heterocycles. The number of fused-ring (bicyclic) bond motifs is 1. The van der Waals surface area contributed by atoms with Crippen LogP contribution in [0.5, 0.6) is 5.75 Å². The van der Waals surface area contributed by atoms with Crippen LogP contribution in [0.25, 0.3) is 22.0 Å². The fourth-order valence-corrected chi connectivity index (χ4v) is 4.40. The van der Waals surface area contributed by atoms with Gasteiger partial charge in [-0.25, -0.2) is 4.39 Å². The predicted molar refractivity (Wildman–Crippen MR) is 114 cm³/mol. The number of morpholine rings is 1. The first-order chi connectivity index (χ1) is 13.5. The van der Waals surface area contributed by atoms with Crippen molar-refractivity contribution in [1.29, 1.82) is 0 Å². The molecule has 0 aliphatic carbocycles. The second kappa shape index (κ2) is 7.68. The molecular weight excluding hydrogens is 423 g/mol. The monoisotopic (exact) mass is 444 g/mol. The van der Waals surface area contributed by atoms with Crippen molar-refractivity contribution in [3.8, 4) is 16.9 Å². The number of benzene rings is 2. The number of nitrogens with zero attached hydrogens (tertiary/aromatic N) is 2. The molecule has 0 bridgehead atoms. The summed E-state index contributed by atoms with van der Waals surface area (Å²) in [6.45, 7) is 5.94. The number of hydrogen-bond donors (Lipinski definition) is 0. The zero-order chi connectivity index (χ0) is 19.8. The van der Waals surface area contributed by atoms with Gasteiger partial charge in [0.05, 0.1) is 24.8 Å². The predicted octanol–water partition coefficient (Wildman–Crippen LogP) is 5.43. The zero-order valence-electron chi connectivity index (χ0n) is 16.1. The Morgan fingerprint density at radius 2 is 1.82 bits per heavy atom. The number of methoxy groups -OCH3 is 1. The maximum atomic E-state index is 13.9. The highest BCUT2D eigenvalue weighted by Crippen LogP contribution is 2.38. The number of rotatable bonds is 3. The maximum Gasteiger partial charge on any atom is 0.137 e. The molecule has 2 atom stereocenters.